The van der Waals surface area contributed by atoms with Crippen LogP contribution in [0, 0.1) is 0 Å². The molecule has 1 aliphatic carbocycles. The topological polar surface area (TPSA) is 95.9 Å². The third kappa shape index (κ3) is 3.38. The number of ether oxygens (including phenoxy) is 1. The van der Waals surface area contributed by atoms with Crippen molar-refractivity contribution >= 4 is 17.7 Å². The van der Waals surface area contributed by atoms with Gasteiger partial charge in [-0.15, -0.1) is 0 Å². The molecule has 0 bridgehead atoms. The third-order valence-corrected chi connectivity index (χ3v) is 5.50. The number of benzene rings is 2. The number of amides is 3. The first-order valence-corrected chi connectivity index (χ1v) is 9.55. The SMILES string of the molecule is CC(=O)c1cccc(OC[C@@H](O)CN2C(=O)N[C@@]3(CCc4ccccc43)C2=O)c1. The third-order valence-electron chi connectivity index (χ3n) is 5.50. The Bertz CT molecular complexity index is 989. The molecule has 0 saturated carbocycles. The van der Waals surface area contributed by atoms with E-state index in [0.717, 1.165) is 16.0 Å². The van der Waals surface area contributed by atoms with Gasteiger partial charge >= 0.3 is 6.03 Å². The number of Topliss-reactive ketones (excluding diaryl/α,β-unsaturated/α-hetero) is 1. The second-order valence-electron chi connectivity index (χ2n) is 7.46. The van der Waals surface area contributed by atoms with E-state index in [1.807, 2.05) is 24.3 Å². The summed E-state index contributed by atoms with van der Waals surface area (Å²) >= 11 is 0. The van der Waals surface area contributed by atoms with Crippen LogP contribution in [0.25, 0.3) is 0 Å². The standard InChI is InChI=1S/C22H22N2O5/c1-14(25)16-6-4-7-18(11-16)29-13-17(26)12-24-20(27)22(23-21(24)28)10-9-15-5-2-3-8-19(15)22/h2-8,11,17,26H,9-10,12-13H2,1H3,(H,23,28)/t17-,22+/m0/s1. The van der Waals surface area contributed by atoms with Gasteiger partial charge in [0.2, 0.25) is 0 Å². The molecule has 1 saturated heterocycles. The molecule has 0 unspecified atom stereocenters. The number of fused-ring (bicyclic) bond motifs is 2. The lowest BCUT2D eigenvalue weighted by Gasteiger charge is -2.23. The highest BCUT2D eigenvalue weighted by Crippen LogP contribution is 2.41. The van der Waals surface area contributed by atoms with Crippen molar-refractivity contribution in [2.24, 2.45) is 0 Å². The summed E-state index contributed by atoms with van der Waals surface area (Å²) in [5.74, 6) is 0.0118. The van der Waals surface area contributed by atoms with Crippen LogP contribution in [-0.2, 0) is 16.8 Å². The molecule has 1 fully saturated rings. The number of aliphatic hydroxyl groups is 1. The number of aliphatic hydroxyl groups excluding tert-OH is 1. The number of rotatable bonds is 6. The number of ketones is 1. The number of aryl methyl sites for hydroxylation is 1. The summed E-state index contributed by atoms with van der Waals surface area (Å²) in [6.07, 6.45) is 0.170. The predicted octanol–water partition coefficient (Wildman–Crippen LogP) is 2.02. The number of imide groups is 1. The van der Waals surface area contributed by atoms with Crippen LogP contribution in [0.5, 0.6) is 5.75 Å². The smallest absolute Gasteiger partial charge is 0.325 e. The van der Waals surface area contributed by atoms with Crippen molar-refractivity contribution in [2.75, 3.05) is 13.2 Å². The fourth-order valence-electron chi connectivity index (χ4n) is 4.02. The summed E-state index contributed by atoms with van der Waals surface area (Å²) in [6.45, 7) is 1.19. The van der Waals surface area contributed by atoms with Crippen molar-refractivity contribution in [3.05, 3.63) is 65.2 Å². The quantitative estimate of drug-likeness (QED) is 0.577. The number of carbonyl (C=O) groups is 3. The summed E-state index contributed by atoms with van der Waals surface area (Å²) in [6, 6.07) is 13.7. The monoisotopic (exact) mass is 394 g/mol. The summed E-state index contributed by atoms with van der Waals surface area (Å²) in [4.78, 5) is 38.1. The first-order valence-electron chi connectivity index (χ1n) is 9.55. The molecular weight excluding hydrogens is 372 g/mol. The Hall–Kier alpha value is -3.19. The van der Waals surface area contributed by atoms with Crippen LogP contribution < -0.4 is 10.1 Å². The van der Waals surface area contributed by atoms with Gasteiger partial charge in [0.1, 0.15) is 24.0 Å². The molecule has 2 aromatic rings. The Morgan fingerprint density at radius 3 is 2.83 bits per heavy atom. The van der Waals surface area contributed by atoms with Crippen LogP contribution in [0.4, 0.5) is 4.79 Å². The fourth-order valence-corrected chi connectivity index (χ4v) is 4.02. The number of nitrogens with one attached hydrogen (secondary N) is 1. The van der Waals surface area contributed by atoms with Gasteiger partial charge in [0, 0.05) is 5.56 Å². The number of nitrogens with zero attached hydrogens (tertiary/aromatic N) is 1. The van der Waals surface area contributed by atoms with E-state index in [2.05, 4.69) is 5.32 Å². The molecule has 29 heavy (non-hydrogen) atoms. The van der Waals surface area contributed by atoms with Crippen molar-refractivity contribution in [1.29, 1.82) is 0 Å². The minimum Gasteiger partial charge on any atom is -0.491 e. The minimum atomic E-state index is -1.06. The van der Waals surface area contributed by atoms with Crippen LogP contribution in [0.2, 0.25) is 0 Å². The van der Waals surface area contributed by atoms with Crippen LogP contribution in [-0.4, -0.2) is 47.0 Å². The van der Waals surface area contributed by atoms with E-state index in [9.17, 15) is 19.5 Å². The largest absolute Gasteiger partial charge is 0.491 e. The molecule has 150 valence electrons. The normalized spacial score (nSPS) is 21.2. The predicted molar refractivity (Wildman–Crippen MR) is 105 cm³/mol. The minimum absolute atomic E-state index is 0.0857. The molecule has 2 aromatic carbocycles. The molecule has 7 heteroatoms. The van der Waals surface area contributed by atoms with E-state index in [-0.39, 0.29) is 24.8 Å². The van der Waals surface area contributed by atoms with Gasteiger partial charge in [-0.1, -0.05) is 36.4 Å². The van der Waals surface area contributed by atoms with Gasteiger partial charge in [0.25, 0.3) is 5.91 Å². The highest BCUT2D eigenvalue weighted by atomic mass is 16.5. The zero-order valence-corrected chi connectivity index (χ0v) is 16.1. The Labute approximate surface area is 168 Å². The molecule has 2 aliphatic rings. The van der Waals surface area contributed by atoms with E-state index < -0.39 is 17.7 Å². The molecule has 2 atom stereocenters. The van der Waals surface area contributed by atoms with Crippen molar-refractivity contribution in [1.82, 2.24) is 10.2 Å². The molecule has 1 heterocycles. The van der Waals surface area contributed by atoms with Gasteiger partial charge in [-0.25, -0.2) is 4.79 Å². The average Bonchev–Trinajstić information content (AvgIpc) is 3.20. The van der Waals surface area contributed by atoms with Crippen LogP contribution in [0.3, 0.4) is 0 Å². The first-order chi connectivity index (χ1) is 13.9. The maximum absolute atomic E-state index is 13.1. The second kappa shape index (κ2) is 7.33. The van der Waals surface area contributed by atoms with E-state index in [0.29, 0.717) is 24.2 Å². The maximum Gasteiger partial charge on any atom is 0.325 e. The zero-order valence-electron chi connectivity index (χ0n) is 16.1. The van der Waals surface area contributed by atoms with Crippen LogP contribution >= 0.6 is 0 Å². The molecule has 1 spiro atoms. The molecule has 7 nitrogen and oxygen atoms in total. The first kappa shape index (κ1) is 19.1. The lowest BCUT2D eigenvalue weighted by atomic mass is 9.92. The molecule has 2 N–H and O–H groups in total. The highest BCUT2D eigenvalue weighted by Gasteiger charge is 2.55. The van der Waals surface area contributed by atoms with Gasteiger partial charge in [0.05, 0.1) is 6.54 Å². The van der Waals surface area contributed by atoms with Crippen molar-refractivity contribution in [3.8, 4) is 5.75 Å². The summed E-state index contributed by atoms with van der Waals surface area (Å²) in [7, 11) is 0. The summed E-state index contributed by atoms with van der Waals surface area (Å²) in [5, 5.41) is 13.2. The van der Waals surface area contributed by atoms with Gasteiger partial charge < -0.3 is 15.2 Å². The van der Waals surface area contributed by atoms with Crippen molar-refractivity contribution in [2.45, 2.75) is 31.4 Å². The maximum atomic E-state index is 13.1. The van der Waals surface area contributed by atoms with Crippen LogP contribution in [0.15, 0.2) is 48.5 Å². The van der Waals surface area contributed by atoms with E-state index in [4.69, 9.17) is 4.74 Å². The Balaban J connectivity index is 1.42. The summed E-state index contributed by atoms with van der Waals surface area (Å²) < 4.78 is 5.54. The van der Waals surface area contributed by atoms with E-state index in [1.54, 1.807) is 24.3 Å². The van der Waals surface area contributed by atoms with Gasteiger partial charge in [-0.3, -0.25) is 14.5 Å². The number of carbonyl (C=O) groups excluding carboxylic acids is 3. The Morgan fingerprint density at radius 1 is 1.24 bits per heavy atom. The van der Waals surface area contributed by atoms with Crippen molar-refractivity contribution < 1.29 is 24.2 Å². The highest BCUT2D eigenvalue weighted by molar-refractivity contribution is 6.08. The van der Waals surface area contributed by atoms with Crippen molar-refractivity contribution in [3.63, 3.8) is 0 Å². The Kier molecular flexibility index (Phi) is 4.84. The number of hydrogen-bond donors (Lipinski definition) is 2. The molecule has 0 aromatic heterocycles. The van der Waals surface area contributed by atoms with E-state index in [1.165, 1.54) is 6.92 Å². The molecule has 3 amide bonds. The average molecular weight is 394 g/mol. The lowest BCUT2D eigenvalue weighted by molar-refractivity contribution is -0.132. The zero-order chi connectivity index (χ0) is 20.6. The van der Waals surface area contributed by atoms with Crippen LogP contribution in [0.1, 0.15) is 34.8 Å². The summed E-state index contributed by atoms with van der Waals surface area (Å²) in [5.41, 5.74) is 1.35. The number of hydrogen-bond acceptors (Lipinski definition) is 5. The lowest BCUT2D eigenvalue weighted by Crippen LogP contribution is -2.43. The Morgan fingerprint density at radius 2 is 2.03 bits per heavy atom. The fraction of sp³-hybridized carbons (Fsp3) is 0.318. The number of β-amino-alcohol motifs (C(OH)–C–C–N with tert-alkyl or cyclic N) is 1. The molecule has 4 rings (SSSR count). The van der Waals surface area contributed by atoms with E-state index >= 15 is 0 Å². The molecule has 1 aliphatic heterocycles. The molecular formula is C22H22N2O5. The van der Waals surface area contributed by atoms with Gasteiger partial charge in [-0.2, -0.15) is 0 Å². The number of urea groups is 1. The van der Waals surface area contributed by atoms with Gasteiger partial charge in [-0.05, 0) is 43.0 Å². The molecule has 0 radical (unpaired) electrons. The second-order valence-corrected chi connectivity index (χ2v) is 7.46. The van der Waals surface area contributed by atoms with Gasteiger partial charge in [0.15, 0.2) is 5.78 Å².